The van der Waals surface area contributed by atoms with Crippen LogP contribution in [0.4, 0.5) is 0 Å². The highest BCUT2D eigenvalue weighted by atomic mass is 16.5. The van der Waals surface area contributed by atoms with Gasteiger partial charge < -0.3 is 4.74 Å². The largest absolute Gasteiger partial charge is 0.375 e. The van der Waals surface area contributed by atoms with Crippen molar-refractivity contribution in [2.45, 2.75) is 37.8 Å². The van der Waals surface area contributed by atoms with Crippen LogP contribution in [0.25, 0.3) is 10.4 Å². The highest BCUT2D eigenvalue weighted by Gasteiger charge is 2.33. The van der Waals surface area contributed by atoms with Gasteiger partial charge in [0.2, 0.25) is 0 Å². The van der Waals surface area contributed by atoms with Crippen LogP contribution < -0.4 is 0 Å². The van der Waals surface area contributed by atoms with Crippen molar-refractivity contribution in [1.29, 1.82) is 0 Å². The van der Waals surface area contributed by atoms with E-state index in [0.717, 1.165) is 19.7 Å². The number of morpholine rings is 1. The van der Waals surface area contributed by atoms with Crippen molar-refractivity contribution in [2.24, 2.45) is 5.11 Å². The Kier molecular flexibility index (Phi) is 3.83. The lowest BCUT2D eigenvalue weighted by atomic mass is 9.90. The highest BCUT2D eigenvalue weighted by Crippen LogP contribution is 2.27. The number of nitrogens with zero attached hydrogens (tertiary/aromatic N) is 4. The van der Waals surface area contributed by atoms with Crippen molar-refractivity contribution < 1.29 is 4.74 Å². The Bertz CT molecular complexity index is 250. The van der Waals surface area contributed by atoms with Gasteiger partial charge in [0, 0.05) is 30.6 Å². The summed E-state index contributed by atoms with van der Waals surface area (Å²) in [5, 5.41) is 3.60. The van der Waals surface area contributed by atoms with Gasteiger partial charge in [0.1, 0.15) is 0 Å². The van der Waals surface area contributed by atoms with Crippen LogP contribution in [0.3, 0.4) is 0 Å². The molecule has 2 unspecified atom stereocenters. The van der Waals surface area contributed by atoms with Crippen LogP contribution in [0, 0.1) is 0 Å². The van der Waals surface area contributed by atoms with E-state index in [4.69, 9.17) is 10.3 Å². The van der Waals surface area contributed by atoms with E-state index in [1.54, 1.807) is 0 Å². The topological polar surface area (TPSA) is 61.2 Å². The molecule has 0 aromatic carbocycles. The summed E-state index contributed by atoms with van der Waals surface area (Å²) in [6.45, 7) is 3.29. The molecule has 0 aromatic rings. The number of ether oxygens (including phenoxy) is 1. The second kappa shape index (κ2) is 5.35. The van der Waals surface area contributed by atoms with Crippen LogP contribution in [0.5, 0.6) is 0 Å². The zero-order valence-electron chi connectivity index (χ0n) is 9.01. The van der Waals surface area contributed by atoms with Gasteiger partial charge in [-0.15, -0.1) is 0 Å². The van der Waals surface area contributed by atoms with Crippen molar-refractivity contribution in [1.82, 2.24) is 4.90 Å². The highest BCUT2D eigenvalue weighted by molar-refractivity contribution is 4.87. The van der Waals surface area contributed by atoms with Crippen molar-refractivity contribution in [3.05, 3.63) is 10.4 Å². The van der Waals surface area contributed by atoms with Gasteiger partial charge in [-0.3, -0.25) is 4.90 Å². The number of fused-ring (bicyclic) bond motifs is 1. The monoisotopic (exact) mass is 210 g/mol. The van der Waals surface area contributed by atoms with Gasteiger partial charge in [0.05, 0.1) is 12.7 Å². The molecule has 0 radical (unpaired) electrons. The minimum Gasteiger partial charge on any atom is -0.375 e. The Morgan fingerprint density at radius 2 is 2.27 bits per heavy atom. The molecule has 1 aliphatic carbocycles. The van der Waals surface area contributed by atoms with E-state index in [1.165, 1.54) is 25.7 Å². The molecule has 1 saturated heterocycles. The summed E-state index contributed by atoms with van der Waals surface area (Å²) >= 11 is 0. The summed E-state index contributed by atoms with van der Waals surface area (Å²) in [5.74, 6) is 0. The Labute approximate surface area is 90.0 Å². The van der Waals surface area contributed by atoms with Crippen molar-refractivity contribution >= 4 is 0 Å². The SMILES string of the molecule is [N-]=[N+]=NCCN1CCOC2CCCCC21. The van der Waals surface area contributed by atoms with Gasteiger partial charge in [-0.05, 0) is 18.4 Å². The quantitative estimate of drug-likeness (QED) is 0.406. The van der Waals surface area contributed by atoms with E-state index >= 15 is 0 Å². The summed E-state index contributed by atoms with van der Waals surface area (Å²) in [5.41, 5.74) is 8.24. The van der Waals surface area contributed by atoms with Gasteiger partial charge in [0.15, 0.2) is 0 Å². The fourth-order valence-electron chi connectivity index (χ4n) is 2.67. The lowest BCUT2D eigenvalue weighted by molar-refractivity contribution is -0.0868. The minimum atomic E-state index is 0.429. The summed E-state index contributed by atoms with van der Waals surface area (Å²) < 4.78 is 5.77. The van der Waals surface area contributed by atoms with E-state index < -0.39 is 0 Å². The standard InChI is InChI=1S/C10H18N4O/c11-13-12-5-6-14-7-8-15-10-4-2-1-3-9(10)14/h9-10H,1-8H2. The zero-order valence-corrected chi connectivity index (χ0v) is 9.01. The molecular formula is C10H18N4O. The molecule has 0 spiro atoms. The molecule has 2 aliphatic rings. The van der Waals surface area contributed by atoms with E-state index in [9.17, 15) is 0 Å². The van der Waals surface area contributed by atoms with Crippen LogP contribution >= 0.6 is 0 Å². The maximum absolute atomic E-state index is 8.24. The lowest BCUT2D eigenvalue weighted by Crippen LogP contribution is -2.53. The molecule has 0 amide bonds. The van der Waals surface area contributed by atoms with Gasteiger partial charge >= 0.3 is 0 Å². The van der Waals surface area contributed by atoms with Crippen LogP contribution in [0.2, 0.25) is 0 Å². The first-order chi connectivity index (χ1) is 7.42. The van der Waals surface area contributed by atoms with Gasteiger partial charge in [-0.2, -0.15) is 0 Å². The van der Waals surface area contributed by atoms with Crippen LogP contribution in [-0.2, 0) is 4.74 Å². The Morgan fingerprint density at radius 1 is 1.40 bits per heavy atom. The molecule has 2 rings (SSSR count). The molecule has 0 bridgehead atoms. The van der Waals surface area contributed by atoms with E-state index in [2.05, 4.69) is 14.9 Å². The second-order valence-electron chi connectivity index (χ2n) is 4.25. The average molecular weight is 210 g/mol. The first-order valence-electron chi connectivity index (χ1n) is 5.78. The van der Waals surface area contributed by atoms with Crippen LogP contribution in [0.15, 0.2) is 5.11 Å². The van der Waals surface area contributed by atoms with Crippen LogP contribution in [-0.4, -0.2) is 43.3 Å². The first-order valence-corrected chi connectivity index (χ1v) is 5.78. The molecule has 1 heterocycles. The maximum Gasteiger partial charge on any atom is 0.0730 e. The predicted molar refractivity (Wildman–Crippen MR) is 57.6 cm³/mol. The van der Waals surface area contributed by atoms with Gasteiger partial charge in [-0.1, -0.05) is 18.0 Å². The van der Waals surface area contributed by atoms with E-state index in [0.29, 0.717) is 18.7 Å². The number of azide groups is 1. The van der Waals surface area contributed by atoms with E-state index in [1.807, 2.05) is 0 Å². The van der Waals surface area contributed by atoms with Gasteiger partial charge in [0.25, 0.3) is 0 Å². The lowest BCUT2D eigenvalue weighted by Gasteiger charge is -2.43. The molecule has 0 N–H and O–H groups in total. The third kappa shape index (κ3) is 2.62. The minimum absolute atomic E-state index is 0.429. The first kappa shape index (κ1) is 10.7. The molecule has 2 fully saturated rings. The number of rotatable bonds is 3. The summed E-state index contributed by atoms with van der Waals surface area (Å²) in [6.07, 6.45) is 5.47. The summed E-state index contributed by atoms with van der Waals surface area (Å²) in [7, 11) is 0. The molecule has 1 saturated carbocycles. The van der Waals surface area contributed by atoms with Gasteiger partial charge in [-0.25, -0.2) is 0 Å². The predicted octanol–water partition coefficient (Wildman–Crippen LogP) is 1.94. The smallest absolute Gasteiger partial charge is 0.0730 e. The maximum atomic E-state index is 8.24. The fraction of sp³-hybridized carbons (Fsp3) is 1.00. The van der Waals surface area contributed by atoms with Crippen LogP contribution in [0.1, 0.15) is 25.7 Å². The third-order valence-electron chi connectivity index (χ3n) is 3.40. The molecule has 2 atom stereocenters. The zero-order chi connectivity index (χ0) is 10.5. The average Bonchev–Trinajstić information content (AvgIpc) is 2.30. The van der Waals surface area contributed by atoms with Crippen molar-refractivity contribution in [2.75, 3.05) is 26.2 Å². The molecule has 5 nitrogen and oxygen atoms in total. The molecule has 0 aromatic heterocycles. The number of hydrogen-bond acceptors (Lipinski definition) is 3. The Hall–Kier alpha value is -0.770. The Morgan fingerprint density at radius 3 is 3.13 bits per heavy atom. The number of hydrogen-bond donors (Lipinski definition) is 0. The second-order valence-corrected chi connectivity index (χ2v) is 4.25. The Balaban J connectivity index is 1.88. The van der Waals surface area contributed by atoms with Crippen molar-refractivity contribution in [3.8, 4) is 0 Å². The molecule has 1 aliphatic heterocycles. The summed E-state index contributed by atoms with van der Waals surface area (Å²) in [6, 6.07) is 0.571. The fourth-order valence-corrected chi connectivity index (χ4v) is 2.67. The normalized spacial score (nSPS) is 31.7. The van der Waals surface area contributed by atoms with Crippen molar-refractivity contribution in [3.63, 3.8) is 0 Å². The molecular weight excluding hydrogens is 192 g/mol. The molecule has 5 heteroatoms. The molecule has 15 heavy (non-hydrogen) atoms. The molecule has 84 valence electrons. The van der Waals surface area contributed by atoms with E-state index in [-0.39, 0.29) is 0 Å². The summed E-state index contributed by atoms with van der Waals surface area (Å²) in [4.78, 5) is 5.22. The third-order valence-corrected chi connectivity index (χ3v) is 3.40.